The summed E-state index contributed by atoms with van der Waals surface area (Å²) in [5, 5.41) is 7.66. The Bertz CT molecular complexity index is 1240. The van der Waals surface area contributed by atoms with Gasteiger partial charge in [0.05, 0.1) is 12.5 Å². The molecule has 3 amide bonds. The van der Waals surface area contributed by atoms with Crippen molar-refractivity contribution in [3.63, 3.8) is 0 Å². The molecule has 1 fully saturated rings. The average molecular weight is 468 g/mol. The molecule has 11 heteroatoms. The summed E-state index contributed by atoms with van der Waals surface area (Å²) in [4.78, 5) is 42.4. The van der Waals surface area contributed by atoms with Crippen molar-refractivity contribution in [2.45, 2.75) is 19.9 Å². The second-order valence-corrected chi connectivity index (χ2v) is 8.50. The molecule has 1 saturated heterocycles. The Kier molecular flexibility index (Phi) is 5.47. The average Bonchev–Trinajstić information content (AvgIpc) is 3.57. The number of thiazole rings is 1. The van der Waals surface area contributed by atoms with Gasteiger partial charge in [0.15, 0.2) is 22.4 Å². The monoisotopic (exact) mass is 468 g/mol. The van der Waals surface area contributed by atoms with Crippen LogP contribution in [0.25, 0.3) is 11.5 Å². The highest BCUT2D eigenvalue weighted by Crippen LogP contribution is 2.37. The smallest absolute Gasteiger partial charge is 0.231 e. The summed E-state index contributed by atoms with van der Waals surface area (Å²) in [5.74, 6) is 1.33. The third-order valence-electron chi connectivity index (χ3n) is 5.32. The van der Waals surface area contributed by atoms with Crippen LogP contribution in [0, 0.1) is 5.92 Å². The Hall–Kier alpha value is -3.86. The molecule has 2 aliphatic heterocycles. The summed E-state index contributed by atoms with van der Waals surface area (Å²) in [6, 6.07) is 8.81. The van der Waals surface area contributed by atoms with Gasteiger partial charge in [-0.2, -0.15) is 0 Å². The predicted octanol–water partition coefficient (Wildman–Crippen LogP) is 2.76. The van der Waals surface area contributed by atoms with E-state index in [1.807, 2.05) is 0 Å². The third-order valence-corrected chi connectivity index (χ3v) is 6.08. The molecule has 33 heavy (non-hydrogen) atoms. The van der Waals surface area contributed by atoms with Crippen molar-refractivity contribution in [3.8, 4) is 23.0 Å². The number of amides is 3. The summed E-state index contributed by atoms with van der Waals surface area (Å²) in [6.45, 7) is 2.15. The molecule has 0 spiro atoms. The topological polar surface area (TPSA) is 123 Å². The molecule has 3 aromatic rings. The van der Waals surface area contributed by atoms with Crippen LogP contribution in [0.5, 0.6) is 11.5 Å². The maximum Gasteiger partial charge on any atom is 0.231 e. The van der Waals surface area contributed by atoms with Crippen LogP contribution in [-0.4, -0.2) is 36.0 Å². The molecular weight excluding hydrogens is 448 g/mol. The number of anilines is 2. The summed E-state index contributed by atoms with van der Waals surface area (Å²) < 4.78 is 16.4. The van der Waals surface area contributed by atoms with Crippen molar-refractivity contribution in [2.24, 2.45) is 5.92 Å². The Labute approximate surface area is 192 Å². The van der Waals surface area contributed by atoms with E-state index in [1.165, 1.54) is 18.3 Å². The third kappa shape index (κ3) is 4.40. The fourth-order valence-electron chi connectivity index (χ4n) is 3.66. The molecule has 0 aliphatic carbocycles. The van der Waals surface area contributed by atoms with Crippen LogP contribution in [0.4, 0.5) is 10.8 Å². The van der Waals surface area contributed by atoms with Gasteiger partial charge in [0, 0.05) is 37.0 Å². The van der Waals surface area contributed by atoms with E-state index in [-0.39, 0.29) is 37.5 Å². The standard InChI is InChI=1S/C22H20N4O6S/c1-12(27)23-8-15-3-5-17(32-15)16-10-33-22(24-16)25-21(29)13-6-20(28)26(9-13)14-2-4-18-19(7-14)31-11-30-18/h2-5,7,10,13H,6,8-9,11H2,1H3,(H,23,27)(H,24,25,29). The molecule has 10 nitrogen and oxygen atoms in total. The quantitative estimate of drug-likeness (QED) is 0.570. The number of carbonyl (C=O) groups is 3. The van der Waals surface area contributed by atoms with E-state index in [1.54, 1.807) is 40.6 Å². The fraction of sp³-hybridized carbons (Fsp3) is 0.273. The first kappa shape index (κ1) is 21.0. The number of fused-ring (bicyclic) bond motifs is 1. The van der Waals surface area contributed by atoms with Crippen LogP contribution in [0.1, 0.15) is 19.1 Å². The van der Waals surface area contributed by atoms with Gasteiger partial charge >= 0.3 is 0 Å². The van der Waals surface area contributed by atoms with Gasteiger partial charge in [0.2, 0.25) is 24.5 Å². The Morgan fingerprint density at radius 3 is 2.91 bits per heavy atom. The molecule has 2 aromatic heterocycles. The number of nitrogens with zero attached hydrogens (tertiary/aromatic N) is 2. The molecule has 170 valence electrons. The number of aromatic nitrogens is 1. The molecule has 0 bridgehead atoms. The largest absolute Gasteiger partial charge is 0.458 e. The van der Waals surface area contributed by atoms with E-state index in [0.717, 1.165) is 0 Å². The van der Waals surface area contributed by atoms with Gasteiger partial charge < -0.3 is 29.4 Å². The Morgan fingerprint density at radius 2 is 2.06 bits per heavy atom. The zero-order valence-corrected chi connectivity index (χ0v) is 18.4. The number of carbonyl (C=O) groups excluding carboxylic acids is 3. The zero-order valence-electron chi connectivity index (χ0n) is 17.6. The molecule has 2 aliphatic rings. The van der Waals surface area contributed by atoms with Crippen molar-refractivity contribution in [3.05, 3.63) is 41.5 Å². The lowest BCUT2D eigenvalue weighted by atomic mass is 10.1. The van der Waals surface area contributed by atoms with Crippen LogP contribution in [-0.2, 0) is 20.9 Å². The van der Waals surface area contributed by atoms with Gasteiger partial charge in [0.25, 0.3) is 0 Å². The minimum atomic E-state index is -0.497. The molecule has 0 radical (unpaired) electrons. The van der Waals surface area contributed by atoms with Gasteiger partial charge in [-0.05, 0) is 24.3 Å². The van der Waals surface area contributed by atoms with Gasteiger partial charge in [0.1, 0.15) is 11.5 Å². The summed E-state index contributed by atoms with van der Waals surface area (Å²) in [6.07, 6.45) is 0.114. The number of furan rings is 1. The Balaban J connectivity index is 1.21. The van der Waals surface area contributed by atoms with E-state index in [4.69, 9.17) is 13.9 Å². The van der Waals surface area contributed by atoms with Crippen LogP contribution in [0.3, 0.4) is 0 Å². The van der Waals surface area contributed by atoms with Crippen molar-refractivity contribution in [1.82, 2.24) is 10.3 Å². The van der Waals surface area contributed by atoms with Crippen molar-refractivity contribution in [1.29, 1.82) is 0 Å². The summed E-state index contributed by atoms with van der Waals surface area (Å²) in [5.41, 5.74) is 1.25. The summed E-state index contributed by atoms with van der Waals surface area (Å²) in [7, 11) is 0. The van der Waals surface area contributed by atoms with Crippen LogP contribution in [0.2, 0.25) is 0 Å². The second kappa shape index (κ2) is 8.58. The van der Waals surface area contributed by atoms with E-state index in [9.17, 15) is 14.4 Å². The lowest BCUT2D eigenvalue weighted by molar-refractivity contribution is -0.122. The Morgan fingerprint density at radius 1 is 1.21 bits per heavy atom. The number of hydrogen-bond donors (Lipinski definition) is 2. The first-order chi connectivity index (χ1) is 16.0. The number of nitrogens with one attached hydrogen (secondary N) is 2. The molecule has 1 aromatic carbocycles. The van der Waals surface area contributed by atoms with Gasteiger partial charge in [-0.25, -0.2) is 4.98 Å². The van der Waals surface area contributed by atoms with E-state index in [0.29, 0.717) is 46.1 Å². The van der Waals surface area contributed by atoms with E-state index >= 15 is 0 Å². The van der Waals surface area contributed by atoms with Crippen LogP contribution in [0.15, 0.2) is 40.1 Å². The molecule has 4 heterocycles. The minimum absolute atomic E-state index is 0.114. The number of rotatable bonds is 6. The predicted molar refractivity (Wildman–Crippen MR) is 119 cm³/mol. The van der Waals surface area contributed by atoms with Crippen molar-refractivity contribution >= 4 is 39.9 Å². The minimum Gasteiger partial charge on any atom is -0.458 e. The van der Waals surface area contributed by atoms with Gasteiger partial charge in [-0.15, -0.1) is 11.3 Å². The van der Waals surface area contributed by atoms with Crippen molar-refractivity contribution in [2.75, 3.05) is 23.6 Å². The summed E-state index contributed by atoms with van der Waals surface area (Å²) >= 11 is 1.27. The van der Waals surface area contributed by atoms with Gasteiger partial charge in [-0.1, -0.05) is 0 Å². The lowest BCUT2D eigenvalue weighted by Gasteiger charge is -2.17. The SMILES string of the molecule is CC(=O)NCc1ccc(-c2csc(NC(=O)C3CC(=O)N(c4ccc5c(c4)OCO5)C3)n2)o1. The molecule has 1 atom stereocenters. The number of hydrogen-bond acceptors (Lipinski definition) is 8. The van der Waals surface area contributed by atoms with Crippen LogP contribution < -0.4 is 25.0 Å². The van der Waals surface area contributed by atoms with E-state index in [2.05, 4.69) is 15.6 Å². The number of ether oxygens (including phenoxy) is 2. The van der Waals surface area contributed by atoms with Crippen molar-refractivity contribution < 1.29 is 28.3 Å². The number of benzene rings is 1. The van der Waals surface area contributed by atoms with Crippen LogP contribution >= 0.6 is 11.3 Å². The molecular formula is C22H20N4O6S. The maximum absolute atomic E-state index is 12.8. The highest BCUT2D eigenvalue weighted by Gasteiger charge is 2.36. The first-order valence-corrected chi connectivity index (χ1v) is 11.1. The maximum atomic E-state index is 12.8. The zero-order chi connectivity index (χ0) is 22.9. The highest BCUT2D eigenvalue weighted by molar-refractivity contribution is 7.14. The second-order valence-electron chi connectivity index (χ2n) is 7.65. The normalized spacial score (nSPS) is 16.8. The molecule has 1 unspecified atom stereocenters. The first-order valence-electron chi connectivity index (χ1n) is 10.3. The van der Waals surface area contributed by atoms with E-state index < -0.39 is 5.92 Å². The molecule has 5 rings (SSSR count). The highest BCUT2D eigenvalue weighted by atomic mass is 32.1. The molecule has 2 N–H and O–H groups in total. The lowest BCUT2D eigenvalue weighted by Crippen LogP contribution is -2.28. The fourth-order valence-corrected chi connectivity index (χ4v) is 4.36. The molecule has 0 saturated carbocycles. The van der Waals surface area contributed by atoms with Gasteiger partial charge in [-0.3, -0.25) is 14.4 Å².